The standard InChI is InChI=1S/C14H12FN9O/c15-8-1-2-10-11(5-8)20-12(19-10)3-4-16-14(25)9-6-17-21-13(9)24-7-18-22-23-24/h1-2,5-7H,3-4H2,(H,16,25)(H,17,21)(H,19,20). The molecule has 0 spiro atoms. The van der Waals surface area contributed by atoms with Gasteiger partial charge in [-0.3, -0.25) is 9.89 Å². The number of tetrazole rings is 1. The first-order valence-electron chi connectivity index (χ1n) is 7.40. The number of benzene rings is 1. The minimum Gasteiger partial charge on any atom is -0.351 e. The lowest BCUT2D eigenvalue weighted by molar-refractivity contribution is 0.0954. The highest BCUT2D eigenvalue weighted by atomic mass is 19.1. The number of aromatic nitrogens is 8. The van der Waals surface area contributed by atoms with Crippen molar-refractivity contribution in [2.24, 2.45) is 0 Å². The summed E-state index contributed by atoms with van der Waals surface area (Å²) in [6, 6.07) is 4.34. The molecule has 0 aliphatic rings. The third-order valence-corrected chi connectivity index (χ3v) is 3.58. The summed E-state index contributed by atoms with van der Waals surface area (Å²) < 4.78 is 14.5. The highest BCUT2D eigenvalue weighted by molar-refractivity contribution is 5.96. The summed E-state index contributed by atoms with van der Waals surface area (Å²) in [6.07, 6.45) is 3.23. The molecule has 0 atom stereocenters. The molecular weight excluding hydrogens is 329 g/mol. The van der Waals surface area contributed by atoms with E-state index < -0.39 is 0 Å². The molecule has 4 aromatic rings. The van der Waals surface area contributed by atoms with Crippen molar-refractivity contribution >= 4 is 16.9 Å². The van der Waals surface area contributed by atoms with Gasteiger partial charge < -0.3 is 10.3 Å². The molecule has 4 rings (SSSR count). The molecule has 3 aromatic heterocycles. The van der Waals surface area contributed by atoms with E-state index in [0.29, 0.717) is 41.2 Å². The van der Waals surface area contributed by atoms with Crippen molar-refractivity contribution in [3.63, 3.8) is 0 Å². The lowest BCUT2D eigenvalue weighted by Crippen LogP contribution is -2.26. The lowest BCUT2D eigenvalue weighted by atomic mass is 10.3. The number of carbonyl (C=O) groups is 1. The van der Waals surface area contributed by atoms with Crippen LogP contribution in [-0.4, -0.2) is 52.8 Å². The van der Waals surface area contributed by atoms with Crippen LogP contribution in [0.3, 0.4) is 0 Å². The first kappa shape index (κ1) is 14.9. The molecule has 1 amide bonds. The number of hydrogen-bond acceptors (Lipinski definition) is 6. The number of aromatic amines is 2. The van der Waals surface area contributed by atoms with E-state index in [1.54, 1.807) is 6.07 Å². The Morgan fingerprint density at radius 3 is 3.12 bits per heavy atom. The second-order valence-electron chi connectivity index (χ2n) is 5.24. The first-order chi connectivity index (χ1) is 12.2. The fourth-order valence-corrected chi connectivity index (χ4v) is 2.43. The number of halogens is 1. The molecule has 0 bridgehead atoms. The smallest absolute Gasteiger partial charge is 0.256 e. The third-order valence-electron chi connectivity index (χ3n) is 3.58. The average Bonchev–Trinajstić information content (AvgIpc) is 3.33. The molecule has 0 fully saturated rings. The normalized spacial score (nSPS) is 11.1. The quantitative estimate of drug-likeness (QED) is 0.481. The van der Waals surface area contributed by atoms with E-state index in [1.165, 1.54) is 29.3 Å². The van der Waals surface area contributed by atoms with Crippen LogP contribution in [0.5, 0.6) is 0 Å². The van der Waals surface area contributed by atoms with Crippen LogP contribution in [0.25, 0.3) is 16.9 Å². The summed E-state index contributed by atoms with van der Waals surface area (Å²) in [5.41, 5.74) is 1.62. The number of H-pyrrole nitrogens is 2. The highest BCUT2D eigenvalue weighted by Crippen LogP contribution is 2.13. The van der Waals surface area contributed by atoms with E-state index in [1.807, 2.05) is 0 Å². The van der Waals surface area contributed by atoms with Gasteiger partial charge in [-0.25, -0.2) is 9.37 Å². The predicted molar refractivity (Wildman–Crippen MR) is 83.4 cm³/mol. The van der Waals surface area contributed by atoms with Crippen molar-refractivity contribution in [1.29, 1.82) is 0 Å². The second kappa shape index (κ2) is 6.11. The van der Waals surface area contributed by atoms with E-state index in [2.05, 4.69) is 41.0 Å². The molecule has 3 N–H and O–H groups in total. The van der Waals surface area contributed by atoms with E-state index in [-0.39, 0.29) is 11.7 Å². The monoisotopic (exact) mass is 341 g/mol. The molecule has 10 nitrogen and oxygen atoms in total. The Balaban J connectivity index is 1.41. The topological polar surface area (TPSA) is 130 Å². The number of nitrogens with one attached hydrogen (secondary N) is 3. The maximum Gasteiger partial charge on any atom is 0.256 e. The lowest BCUT2D eigenvalue weighted by Gasteiger charge is -2.04. The summed E-state index contributed by atoms with van der Waals surface area (Å²) in [4.78, 5) is 19.7. The summed E-state index contributed by atoms with van der Waals surface area (Å²) in [7, 11) is 0. The van der Waals surface area contributed by atoms with Gasteiger partial charge in [0.25, 0.3) is 5.91 Å². The van der Waals surface area contributed by atoms with Crippen molar-refractivity contribution in [3.05, 3.63) is 47.9 Å². The molecule has 11 heteroatoms. The van der Waals surface area contributed by atoms with Crippen LogP contribution in [0.1, 0.15) is 16.2 Å². The molecular formula is C14H12FN9O. The molecule has 25 heavy (non-hydrogen) atoms. The van der Waals surface area contributed by atoms with Crippen LogP contribution < -0.4 is 5.32 Å². The number of imidazole rings is 1. The minimum atomic E-state index is -0.328. The number of nitrogens with zero attached hydrogens (tertiary/aromatic N) is 6. The van der Waals surface area contributed by atoms with Gasteiger partial charge in [0.15, 0.2) is 5.82 Å². The van der Waals surface area contributed by atoms with Crippen LogP contribution in [-0.2, 0) is 6.42 Å². The third kappa shape index (κ3) is 2.94. The molecule has 0 aliphatic carbocycles. The van der Waals surface area contributed by atoms with Crippen LogP contribution >= 0.6 is 0 Å². The van der Waals surface area contributed by atoms with Gasteiger partial charge in [-0.05, 0) is 28.6 Å². The highest BCUT2D eigenvalue weighted by Gasteiger charge is 2.16. The van der Waals surface area contributed by atoms with Gasteiger partial charge in [0.05, 0.1) is 17.2 Å². The summed E-state index contributed by atoms with van der Waals surface area (Å²) in [6.45, 7) is 0.349. The number of amides is 1. The number of hydrogen-bond donors (Lipinski definition) is 3. The Morgan fingerprint density at radius 1 is 1.36 bits per heavy atom. The SMILES string of the molecule is O=C(NCCc1nc2ccc(F)cc2[nH]1)c1cn[nH]c1-n1cnnn1. The van der Waals surface area contributed by atoms with E-state index in [0.717, 1.165) is 0 Å². The van der Waals surface area contributed by atoms with Gasteiger partial charge in [0, 0.05) is 13.0 Å². The molecule has 0 radical (unpaired) electrons. The molecule has 0 unspecified atom stereocenters. The number of fused-ring (bicyclic) bond motifs is 1. The van der Waals surface area contributed by atoms with Gasteiger partial charge in [0.1, 0.15) is 23.5 Å². The second-order valence-corrected chi connectivity index (χ2v) is 5.24. The fourth-order valence-electron chi connectivity index (χ4n) is 2.43. The Hall–Kier alpha value is -3.63. The van der Waals surface area contributed by atoms with Crippen molar-refractivity contribution in [3.8, 4) is 5.82 Å². The van der Waals surface area contributed by atoms with Crippen molar-refractivity contribution < 1.29 is 9.18 Å². The van der Waals surface area contributed by atoms with E-state index in [9.17, 15) is 9.18 Å². The maximum absolute atomic E-state index is 13.2. The molecule has 0 saturated carbocycles. The van der Waals surface area contributed by atoms with Crippen LogP contribution in [0.4, 0.5) is 4.39 Å². The first-order valence-corrected chi connectivity index (χ1v) is 7.40. The van der Waals surface area contributed by atoms with Gasteiger partial charge in [-0.2, -0.15) is 9.78 Å². The van der Waals surface area contributed by atoms with Gasteiger partial charge in [0.2, 0.25) is 0 Å². The Morgan fingerprint density at radius 2 is 2.28 bits per heavy atom. The average molecular weight is 341 g/mol. The summed E-state index contributed by atoms with van der Waals surface area (Å²) >= 11 is 0. The number of carbonyl (C=O) groups excluding carboxylic acids is 1. The Bertz CT molecular complexity index is 1020. The van der Waals surface area contributed by atoms with Gasteiger partial charge in [-0.15, -0.1) is 5.10 Å². The Kier molecular flexibility index (Phi) is 3.65. The zero-order valence-corrected chi connectivity index (χ0v) is 12.8. The fraction of sp³-hybridized carbons (Fsp3) is 0.143. The van der Waals surface area contributed by atoms with E-state index in [4.69, 9.17) is 0 Å². The summed E-state index contributed by atoms with van der Waals surface area (Å²) in [5.74, 6) is 0.392. The molecule has 0 aliphatic heterocycles. The molecule has 1 aromatic carbocycles. The zero-order valence-electron chi connectivity index (χ0n) is 12.8. The van der Waals surface area contributed by atoms with Crippen LogP contribution in [0.2, 0.25) is 0 Å². The van der Waals surface area contributed by atoms with Crippen LogP contribution in [0.15, 0.2) is 30.7 Å². The predicted octanol–water partition coefficient (Wildman–Crippen LogP) is 0.373. The van der Waals surface area contributed by atoms with Gasteiger partial charge in [-0.1, -0.05) is 0 Å². The van der Waals surface area contributed by atoms with E-state index >= 15 is 0 Å². The zero-order chi connectivity index (χ0) is 17.2. The maximum atomic E-state index is 13.2. The Labute approximate surface area is 139 Å². The molecule has 3 heterocycles. The largest absolute Gasteiger partial charge is 0.351 e. The molecule has 0 saturated heterocycles. The van der Waals surface area contributed by atoms with Crippen molar-refractivity contribution in [2.75, 3.05) is 6.54 Å². The molecule has 126 valence electrons. The van der Waals surface area contributed by atoms with Gasteiger partial charge >= 0.3 is 0 Å². The van der Waals surface area contributed by atoms with Crippen molar-refractivity contribution in [2.45, 2.75) is 6.42 Å². The summed E-state index contributed by atoms with van der Waals surface area (Å²) in [5, 5.41) is 20.1. The minimum absolute atomic E-state index is 0.318. The number of rotatable bonds is 5. The van der Waals surface area contributed by atoms with Crippen LogP contribution in [0, 0.1) is 5.82 Å². The van der Waals surface area contributed by atoms with Crippen molar-refractivity contribution in [1.82, 2.24) is 45.7 Å².